The van der Waals surface area contributed by atoms with E-state index >= 15 is 0 Å². The summed E-state index contributed by atoms with van der Waals surface area (Å²) < 4.78 is 1.04. The number of aromatic amines is 1. The van der Waals surface area contributed by atoms with Crippen LogP contribution in [0.15, 0.2) is 39.0 Å². The zero-order valence-corrected chi connectivity index (χ0v) is 12.8. The summed E-state index contributed by atoms with van der Waals surface area (Å²) in [4.78, 5) is 28.9. The van der Waals surface area contributed by atoms with Crippen molar-refractivity contribution in [3.05, 3.63) is 55.0 Å². The van der Waals surface area contributed by atoms with Crippen molar-refractivity contribution in [1.29, 1.82) is 0 Å². The maximum absolute atomic E-state index is 12.3. The zero-order valence-electron chi connectivity index (χ0n) is 10.4. The van der Waals surface area contributed by atoms with Gasteiger partial charge in [0, 0.05) is 29.2 Å². The van der Waals surface area contributed by atoms with Gasteiger partial charge in [-0.1, -0.05) is 0 Å². The van der Waals surface area contributed by atoms with Crippen molar-refractivity contribution in [2.45, 2.75) is 13.5 Å². The highest BCUT2D eigenvalue weighted by Gasteiger charge is 2.15. The Morgan fingerprint density at radius 1 is 1.42 bits per heavy atom. The van der Waals surface area contributed by atoms with E-state index in [4.69, 9.17) is 0 Å². The predicted molar refractivity (Wildman–Crippen MR) is 79.5 cm³/mol. The van der Waals surface area contributed by atoms with Crippen LogP contribution in [0.2, 0.25) is 0 Å². The molecule has 0 unspecified atom stereocenters. The second kappa shape index (κ2) is 6.16. The van der Waals surface area contributed by atoms with Crippen LogP contribution < -0.4 is 5.56 Å². The highest BCUT2D eigenvalue weighted by molar-refractivity contribution is 9.11. The van der Waals surface area contributed by atoms with Gasteiger partial charge in [0.15, 0.2) is 0 Å². The number of rotatable bonds is 4. The van der Waals surface area contributed by atoms with E-state index in [-0.39, 0.29) is 11.5 Å². The van der Waals surface area contributed by atoms with E-state index in [9.17, 15) is 9.59 Å². The normalized spacial score (nSPS) is 10.4. The first-order valence-electron chi connectivity index (χ1n) is 5.82. The Kier molecular flexibility index (Phi) is 4.55. The molecule has 0 saturated heterocycles. The van der Waals surface area contributed by atoms with Gasteiger partial charge in [-0.25, -0.2) is 0 Å². The lowest BCUT2D eigenvalue weighted by Gasteiger charge is -2.20. The van der Waals surface area contributed by atoms with Gasteiger partial charge in [0.25, 0.3) is 5.91 Å². The fourth-order valence-electron chi connectivity index (χ4n) is 1.71. The smallest absolute Gasteiger partial charge is 0.254 e. The molecule has 0 aromatic carbocycles. The van der Waals surface area contributed by atoms with E-state index in [1.807, 2.05) is 19.1 Å². The minimum absolute atomic E-state index is 0.127. The summed E-state index contributed by atoms with van der Waals surface area (Å²) in [5.41, 5.74) is 0.155. The number of carbonyl (C=O) groups is 1. The van der Waals surface area contributed by atoms with E-state index in [1.54, 1.807) is 22.3 Å². The van der Waals surface area contributed by atoms with Gasteiger partial charge in [-0.2, -0.15) is 0 Å². The summed E-state index contributed by atoms with van der Waals surface area (Å²) in [7, 11) is 0. The van der Waals surface area contributed by atoms with Crippen LogP contribution in [0.25, 0.3) is 0 Å². The van der Waals surface area contributed by atoms with E-state index in [0.29, 0.717) is 18.7 Å². The molecule has 0 aliphatic rings. The summed E-state index contributed by atoms with van der Waals surface area (Å²) in [5, 5.41) is 0. The number of nitrogens with zero attached hydrogens (tertiary/aromatic N) is 1. The molecule has 2 heterocycles. The fraction of sp³-hybridized carbons (Fsp3) is 0.231. The average Bonchev–Trinajstić information content (AvgIpc) is 2.81. The highest BCUT2D eigenvalue weighted by atomic mass is 79.9. The molecular weight excluding hydrogens is 328 g/mol. The molecule has 0 aliphatic heterocycles. The van der Waals surface area contributed by atoms with Gasteiger partial charge in [0.2, 0.25) is 5.56 Å². The molecular formula is C13H13BrN2O2S. The van der Waals surface area contributed by atoms with Crippen molar-refractivity contribution in [1.82, 2.24) is 9.88 Å². The van der Waals surface area contributed by atoms with Gasteiger partial charge in [0.05, 0.1) is 10.3 Å². The Labute approximate surface area is 123 Å². The molecule has 0 radical (unpaired) electrons. The standard InChI is InChI=1S/C13H13BrN2O2S/c1-2-16(8-10-3-4-11(14)19-10)13(18)9-5-6-15-12(17)7-9/h3-7H,2,8H2,1H3,(H,15,17). The Bertz CT molecular complexity index is 635. The summed E-state index contributed by atoms with van der Waals surface area (Å²) in [6.07, 6.45) is 1.49. The molecule has 2 rings (SSSR count). The number of carbonyl (C=O) groups excluding carboxylic acids is 1. The number of aromatic nitrogens is 1. The minimum atomic E-state index is -0.263. The molecule has 1 N–H and O–H groups in total. The molecule has 0 spiro atoms. The molecule has 0 fully saturated rings. The SMILES string of the molecule is CCN(Cc1ccc(Br)s1)C(=O)c1cc[nH]c(=O)c1. The van der Waals surface area contributed by atoms with E-state index < -0.39 is 0 Å². The first-order chi connectivity index (χ1) is 9.10. The molecule has 6 heteroatoms. The van der Waals surface area contributed by atoms with Crippen molar-refractivity contribution < 1.29 is 4.79 Å². The molecule has 1 amide bonds. The number of amides is 1. The molecule has 0 bridgehead atoms. The van der Waals surface area contributed by atoms with Crippen LogP contribution in [0.3, 0.4) is 0 Å². The zero-order chi connectivity index (χ0) is 13.8. The Morgan fingerprint density at radius 2 is 2.21 bits per heavy atom. The van der Waals surface area contributed by atoms with Crippen LogP contribution in [0.1, 0.15) is 22.2 Å². The van der Waals surface area contributed by atoms with Gasteiger partial charge in [-0.15, -0.1) is 11.3 Å². The molecule has 0 saturated carbocycles. The van der Waals surface area contributed by atoms with Gasteiger partial charge in [-0.05, 0) is 41.1 Å². The van der Waals surface area contributed by atoms with Crippen LogP contribution in [-0.4, -0.2) is 22.3 Å². The second-order valence-corrected chi connectivity index (χ2v) is 6.51. The van der Waals surface area contributed by atoms with Gasteiger partial charge >= 0.3 is 0 Å². The maximum Gasteiger partial charge on any atom is 0.254 e. The molecule has 4 nitrogen and oxygen atoms in total. The lowest BCUT2D eigenvalue weighted by molar-refractivity contribution is 0.0754. The first kappa shape index (κ1) is 14.0. The molecule has 2 aromatic heterocycles. The van der Waals surface area contributed by atoms with Crippen molar-refractivity contribution in [3.8, 4) is 0 Å². The summed E-state index contributed by atoms with van der Waals surface area (Å²) in [6, 6.07) is 6.90. The third-order valence-corrected chi connectivity index (χ3v) is 4.27. The van der Waals surface area contributed by atoms with Crippen molar-refractivity contribution >= 4 is 33.2 Å². The summed E-state index contributed by atoms with van der Waals surface area (Å²) in [6.45, 7) is 3.08. The van der Waals surface area contributed by atoms with Gasteiger partial charge in [-0.3, -0.25) is 9.59 Å². The first-order valence-corrected chi connectivity index (χ1v) is 7.43. The Morgan fingerprint density at radius 3 is 2.79 bits per heavy atom. The molecule has 0 atom stereocenters. The summed E-state index contributed by atoms with van der Waals surface area (Å²) in [5.74, 6) is -0.127. The largest absolute Gasteiger partial charge is 0.334 e. The van der Waals surface area contributed by atoms with Crippen LogP contribution >= 0.6 is 27.3 Å². The predicted octanol–water partition coefficient (Wildman–Crippen LogP) is 2.86. The fourth-order valence-corrected chi connectivity index (χ4v) is 3.21. The Balaban J connectivity index is 2.17. The van der Waals surface area contributed by atoms with Crippen LogP contribution in [0.5, 0.6) is 0 Å². The third-order valence-electron chi connectivity index (χ3n) is 2.67. The minimum Gasteiger partial charge on any atom is -0.334 e. The van der Waals surface area contributed by atoms with E-state index in [0.717, 1.165) is 8.66 Å². The number of halogens is 1. The van der Waals surface area contributed by atoms with Crippen LogP contribution in [0.4, 0.5) is 0 Å². The highest BCUT2D eigenvalue weighted by Crippen LogP contribution is 2.23. The molecule has 2 aromatic rings. The van der Waals surface area contributed by atoms with Gasteiger partial charge in [0.1, 0.15) is 0 Å². The molecule has 100 valence electrons. The van der Waals surface area contributed by atoms with Crippen molar-refractivity contribution in [2.24, 2.45) is 0 Å². The van der Waals surface area contributed by atoms with Crippen LogP contribution in [0, 0.1) is 0 Å². The third kappa shape index (κ3) is 3.54. The number of nitrogens with one attached hydrogen (secondary N) is 1. The van der Waals surface area contributed by atoms with Crippen LogP contribution in [-0.2, 0) is 6.54 Å². The lowest BCUT2D eigenvalue weighted by Crippen LogP contribution is -2.30. The molecule has 19 heavy (non-hydrogen) atoms. The number of hydrogen-bond donors (Lipinski definition) is 1. The number of H-pyrrole nitrogens is 1. The topological polar surface area (TPSA) is 53.2 Å². The maximum atomic E-state index is 12.3. The van der Waals surface area contributed by atoms with Gasteiger partial charge < -0.3 is 9.88 Å². The lowest BCUT2D eigenvalue weighted by atomic mass is 10.2. The quantitative estimate of drug-likeness (QED) is 0.930. The number of pyridine rings is 1. The second-order valence-electron chi connectivity index (χ2n) is 3.97. The van der Waals surface area contributed by atoms with E-state index in [1.165, 1.54) is 12.3 Å². The average molecular weight is 341 g/mol. The number of hydrogen-bond acceptors (Lipinski definition) is 3. The number of thiophene rings is 1. The van der Waals surface area contributed by atoms with Crippen molar-refractivity contribution in [3.63, 3.8) is 0 Å². The molecule has 0 aliphatic carbocycles. The monoisotopic (exact) mass is 340 g/mol. The van der Waals surface area contributed by atoms with E-state index in [2.05, 4.69) is 20.9 Å². The van der Waals surface area contributed by atoms with Crippen molar-refractivity contribution in [2.75, 3.05) is 6.54 Å². The Hall–Kier alpha value is -1.40. The summed E-state index contributed by atoms with van der Waals surface area (Å²) >= 11 is 5.01.